The first-order valence-corrected chi connectivity index (χ1v) is 5.59. The molecule has 1 aromatic heterocycles. The highest BCUT2D eigenvalue weighted by atomic mass is 127. The normalized spacial score (nSPS) is 12.8. The number of aromatic nitrogens is 2. The standard InChI is InChI=1S/C6H8I2N4O/c7-4-5(8)12(2-11-4)1-3(9)6(10)13/h2-3H,1,9H2,(H2,10,13). The third-order valence-electron chi connectivity index (χ3n) is 1.49. The smallest absolute Gasteiger partial charge is 0.236 e. The molecular weight excluding hydrogens is 398 g/mol. The average molecular weight is 406 g/mol. The number of nitrogens with zero attached hydrogens (tertiary/aromatic N) is 2. The lowest BCUT2D eigenvalue weighted by Crippen LogP contribution is -2.39. The molecule has 0 aliphatic rings. The molecule has 1 amide bonds. The fourth-order valence-corrected chi connectivity index (χ4v) is 1.67. The van der Waals surface area contributed by atoms with Gasteiger partial charge in [-0.1, -0.05) is 0 Å². The second kappa shape index (κ2) is 4.55. The van der Waals surface area contributed by atoms with Gasteiger partial charge in [-0.05, 0) is 45.2 Å². The molecule has 0 aromatic carbocycles. The average Bonchev–Trinajstić information content (AvgIpc) is 2.36. The molecular formula is C6H8I2N4O. The first-order valence-electron chi connectivity index (χ1n) is 3.43. The Hall–Kier alpha value is 0.100. The van der Waals surface area contributed by atoms with Gasteiger partial charge in [-0.2, -0.15) is 0 Å². The summed E-state index contributed by atoms with van der Waals surface area (Å²) in [6.45, 7) is 0.379. The molecule has 0 fully saturated rings. The van der Waals surface area contributed by atoms with Crippen molar-refractivity contribution in [2.75, 3.05) is 0 Å². The van der Waals surface area contributed by atoms with Gasteiger partial charge < -0.3 is 16.0 Å². The van der Waals surface area contributed by atoms with Gasteiger partial charge in [0, 0.05) is 6.54 Å². The second-order valence-corrected chi connectivity index (χ2v) is 4.53. The maximum atomic E-state index is 10.7. The summed E-state index contributed by atoms with van der Waals surface area (Å²) in [6, 6.07) is -0.654. The molecule has 0 bridgehead atoms. The number of nitrogens with two attached hydrogens (primary N) is 2. The lowest BCUT2D eigenvalue weighted by Gasteiger charge is -2.08. The quantitative estimate of drug-likeness (QED) is 0.689. The van der Waals surface area contributed by atoms with Crippen LogP contribution in [0.25, 0.3) is 0 Å². The molecule has 0 saturated heterocycles. The van der Waals surface area contributed by atoms with Crippen molar-refractivity contribution >= 4 is 51.1 Å². The van der Waals surface area contributed by atoms with Crippen molar-refractivity contribution in [1.82, 2.24) is 9.55 Å². The largest absolute Gasteiger partial charge is 0.368 e. The number of hydrogen-bond acceptors (Lipinski definition) is 3. The first-order chi connectivity index (χ1) is 6.02. The monoisotopic (exact) mass is 406 g/mol. The summed E-state index contributed by atoms with van der Waals surface area (Å²) in [5, 5.41) is 0. The topological polar surface area (TPSA) is 86.9 Å². The number of carbonyl (C=O) groups is 1. The van der Waals surface area contributed by atoms with Crippen LogP contribution in [0.5, 0.6) is 0 Å². The molecule has 0 radical (unpaired) electrons. The van der Waals surface area contributed by atoms with Gasteiger partial charge in [0.05, 0.1) is 6.33 Å². The van der Waals surface area contributed by atoms with E-state index in [0.29, 0.717) is 6.54 Å². The van der Waals surface area contributed by atoms with Gasteiger partial charge in [-0.25, -0.2) is 4.98 Å². The molecule has 0 saturated carbocycles. The van der Waals surface area contributed by atoms with Crippen LogP contribution in [0.3, 0.4) is 0 Å². The van der Waals surface area contributed by atoms with Crippen LogP contribution in [0, 0.1) is 7.40 Å². The van der Waals surface area contributed by atoms with Gasteiger partial charge in [0.25, 0.3) is 0 Å². The molecule has 1 atom stereocenters. The van der Waals surface area contributed by atoms with E-state index in [1.165, 1.54) is 0 Å². The van der Waals surface area contributed by atoms with Crippen molar-refractivity contribution < 1.29 is 4.79 Å². The minimum atomic E-state index is -0.654. The summed E-state index contributed by atoms with van der Waals surface area (Å²) in [5.41, 5.74) is 10.5. The van der Waals surface area contributed by atoms with Crippen molar-refractivity contribution in [3.05, 3.63) is 13.7 Å². The summed E-state index contributed by atoms with van der Waals surface area (Å²) in [6.07, 6.45) is 1.65. The van der Waals surface area contributed by atoms with E-state index in [9.17, 15) is 4.79 Å². The van der Waals surface area contributed by atoms with E-state index in [0.717, 1.165) is 7.40 Å². The van der Waals surface area contributed by atoms with Crippen LogP contribution in [0.15, 0.2) is 6.33 Å². The van der Waals surface area contributed by atoms with Gasteiger partial charge in [0.15, 0.2) is 0 Å². The minimum Gasteiger partial charge on any atom is -0.368 e. The first kappa shape index (κ1) is 11.2. The van der Waals surface area contributed by atoms with E-state index < -0.39 is 11.9 Å². The number of amides is 1. The highest BCUT2D eigenvalue weighted by Gasteiger charge is 2.12. The molecule has 1 aromatic rings. The van der Waals surface area contributed by atoms with E-state index in [4.69, 9.17) is 11.5 Å². The van der Waals surface area contributed by atoms with E-state index in [1.807, 2.05) is 0 Å². The minimum absolute atomic E-state index is 0.379. The van der Waals surface area contributed by atoms with E-state index in [2.05, 4.69) is 50.2 Å². The molecule has 5 nitrogen and oxygen atoms in total. The molecule has 72 valence electrons. The molecule has 13 heavy (non-hydrogen) atoms. The van der Waals surface area contributed by atoms with Crippen LogP contribution in [-0.4, -0.2) is 21.5 Å². The SMILES string of the molecule is NC(=O)C(N)Cn1cnc(I)c1I. The summed E-state index contributed by atoms with van der Waals surface area (Å²) >= 11 is 4.26. The van der Waals surface area contributed by atoms with Crippen LogP contribution in [0.4, 0.5) is 0 Å². The van der Waals surface area contributed by atoms with Gasteiger partial charge in [0.1, 0.15) is 13.4 Å². The molecule has 7 heteroatoms. The summed E-state index contributed by atoms with van der Waals surface area (Å²) in [7, 11) is 0. The fourth-order valence-electron chi connectivity index (χ4n) is 0.772. The Labute approximate surface area is 103 Å². The van der Waals surface area contributed by atoms with Gasteiger partial charge >= 0.3 is 0 Å². The maximum Gasteiger partial charge on any atom is 0.236 e. The van der Waals surface area contributed by atoms with Gasteiger partial charge in [-0.3, -0.25) is 4.79 Å². The maximum absolute atomic E-state index is 10.7. The number of rotatable bonds is 3. The predicted octanol–water partition coefficient (Wildman–Crippen LogP) is -0.0951. The number of imidazole rings is 1. The van der Waals surface area contributed by atoms with Crippen molar-refractivity contribution in [1.29, 1.82) is 0 Å². The Morgan fingerprint density at radius 3 is 2.69 bits per heavy atom. The number of primary amides is 1. The lowest BCUT2D eigenvalue weighted by atomic mass is 10.3. The van der Waals surface area contributed by atoms with Gasteiger partial charge in [-0.15, -0.1) is 0 Å². The number of halogens is 2. The number of carbonyl (C=O) groups excluding carboxylic acids is 1. The number of hydrogen-bond donors (Lipinski definition) is 2. The zero-order valence-corrected chi connectivity index (χ0v) is 10.9. The molecule has 1 heterocycles. The predicted molar refractivity (Wildman–Crippen MR) is 64.8 cm³/mol. The molecule has 0 aliphatic heterocycles. The molecule has 0 spiro atoms. The third kappa shape index (κ3) is 2.77. The highest BCUT2D eigenvalue weighted by Crippen LogP contribution is 2.12. The molecule has 0 aliphatic carbocycles. The van der Waals surface area contributed by atoms with E-state index in [-0.39, 0.29) is 0 Å². The van der Waals surface area contributed by atoms with E-state index in [1.54, 1.807) is 10.9 Å². The van der Waals surface area contributed by atoms with Crippen molar-refractivity contribution in [3.63, 3.8) is 0 Å². The molecule has 4 N–H and O–H groups in total. The highest BCUT2D eigenvalue weighted by molar-refractivity contribution is 14.1. The Morgan fingerprint density at radius 1 is 1.69 bits per heavy atom. The molecule has 1 unspecified atom stereocenters. The zero-order valence-electron chi connectivity index (χ0n) is 6.58. The summed E-state index contributed by atoms with van der Waals surface area (Å²) in [4.78, 5) is 14.7. The lowest BCUT2D eigenvalue weighted by molar-refractivity contribution is -0.119. The fraction of sp³-hybridized carbons (Fsp3) is 0.333. The third-order valence-corrected chi connectivity index (χ3v) is 4.44. The van der Waals surface area contributed by atoms with Crippen LogP contribution in [0.1, 0.15) is 0 Å². The van der Waals surface area contributed by atoms with Crippen LogP contribution in [-0.2, 0) is 11.3 Å². The Balaban J connectivity index is 2.74. The zero-order chi connectivity index (χ0) is 10.0. The summed E-state index contributed by atoms with van der Waals surface area (Å²) in [5.74, 6) is -0.500. The van der Waals surface area contributed by atoms with E-state index >= 15 is 0 Å². The Kier molecular flexibility index (Phi) is 3.91. The van der Waals surface area contributed by atoms with Gasteiger partial charge in [0.2, 0.25) is 5.91 Å². The van der Waals surface area contributed by atoms with Crippen molar-refractivity contribution in [2.45, 2.75) is 12.6 Å². The van der Waals surface area contributed by atoms with Crippen molar-refractivity contribution in [2.24, 2.45) is 11.5 Å². The Morgan fingerprint density at radius 2 is 2.31 bits per heavy atom. The van der Waals surface area contributed by atoms with Crippen LogP contribution in [0.2, 0.25) is 0 Å². The summed E-state index contributed by atoms with van der Waals surface area (Å²) < 4.78 is 3.67. The molecule has 1 rings (SSSR count). The van der Waals surface area contributed by atoms with Crippen LogP contribution < -0.4 is 11.5 Å². The Bertz CT molecular complexity index is 324. The van der Waals surface area contributed by atoms with Crippen molar-refractivity contribution in [3.8, 4) is 0 Å². The second-order valence-electron chi connectivity index (χ2n) is 2.49. The van der Waals surface area contributed by atoms with Crippen LogP contribution >= 0.6 is 45.2 Å².